The first kappa shape index (κ1) is 16.5. The van der Waals surface area contributed by atoms with E-state index in [-0.39, 0.29) is 11.8 Å². The van der Waals surface area contributed by atoms with Gasteiger partial charge in [0.2, 0.25) is 5.69 Å². The minimum atomic E-state index is -1.31. The minimum Gasteiger partial charge on any atom is -0.491 e. The number of hydrogen-bond acceptors (Lipinski definition) is 4. The van der Waals surface area contributed by atoms with Gasteiger partial charge in [-0.1, -0.05) is 44.9 Å². The molecule has 1 aliphatic carbocycles. The van der Waals surface area contributed by atoms with Crippen LogP contribution in [0.25, 0.3) is 0 Å². The molecular formula is C16H24N2O4. The van der Waals surface area contributed by atoms with E-state index < -0.39 is 17.1 Å². The van der Waals surface area contributed by atoms with Gasteiger partial charge in [-0.3, -0.25) is 9.48 Å². The normalized spacial score (nSPS) is 17.9. The maximum Gasteiger partial charge on any atom is 0.360 e. The van der Waals surface area contributed by atoms with Gasteiger partial charge in [-0.05, 0) is 12.8 Å². The second-order valence-corrected chi connectivity index (χ2v) is 5.87. The number of carboxylic acid groups (broad SMARTS) is 1. The van der Waals surface area contributed by atoms with E-state index in [2.05, 4.69) is 5.10 Å². The van der Waals surface area contributed by atoms with Gasteiger partial charge >= 0.3 is 5.97 Å². The van der Waals surface area contributed by atoms with Gasteiger partial charge in [0.25, 0.3) is 5.43 Å². The second-order valence-electron chi connectivity index (χ2n) is 5.87. The highest BCUT2D eigenvalue weighted by Crippen LogP contribution is 2.25. The van der Waals surface area contributed by atoms with Crippen molar-refractivity contribution in [2.75, 3.05) is 7.11 Å². The lowest BCUT2D eigenvalue weighted by atomic mass is 9.97. The number of hydrogen-bond donors (Lipinski definition) is 1. The first-order valence-corrected chi connectivity index (χ1v) is 8.04. The van der Waals surface area contributed by atoms with Crippen molar-refractivity contribution >= 4 is 5.97 Å². The number of carbonyl (C=O) groups is 1. The smallest absolute Gasteiger partial charge is 0.360 e. The quantitative estimate of drug-likeness (QED) is 0.928. The Hall–Kier alpha value is -1.85. The molecule has 2 rings (SSSR count). The Bertz CT molecular complexity index is 558. The number of aromatic carboxylic acids is 1. The molecule has 0 amide bonds. The van der Waals surface area contributed by atoms with Crippen molar-refractivity contribution in [3.05, 3.63) is 22.1 Å². The van der Waals surface area contributed by atoms with E-state index >= 15 is 0 Å². The summed E-state index contributed by atoms with van der Waals surface area (Å²) in [6.07, 6.45) is 11.9. The van der Waals surface area contributed by atoms with Gasteiger partial charge in [0, 0.05) is 0 Å². The number of nitrogens with zero attached hydrogens (tertiary/aromatic N) is 2. The lowest BCUT2D eigenvalue weighted by molar-refractivity contribution is 0.0684. The molecule has 22 heavy (non-hydrogen) atoms. The third-order valence-corrected chi connectivity index (χ3v) is 4.28. The maximum absolute atomic E-state index is 11.9. The topological polar surface area (TPSA) is 81.4 Å². The van der Waals surface area contributed by atoms with Crippen molar-refractivity contribution in [2.45, 2.75) is 63.8 Å². The Morgan fingerprint density at radius 3 is 2.23 bits per heavy atom. The van der Waals surface area contributed by atoms with Gasteiger partial charge in [0.05, 0.1) is 19.3 Å². The fourth-order valence-corrected chi connectivity index (χ4v) is 3.01. The molecule has 0 atom stereocenters. The van der Waals surface area contributed by atoms with Crippen LogP contribution in [0.5, 0.6) is 5.75 Å². The van der Waals surface area contributed by atoms with Crippen molar-refractivity contribution in [3.63, 3.8) is 0 Å². The van der Waals surface area contributed by atoms with Gasteiger partial charge in [0.15, 0.2) is 5.75 Å². The van der Waals surface area contributed by atoms with E-state index in [9.17, 15) is 9.59 Å². The summed E-state index contributed by atoms with van der Waals surface area (Å²) >= 11 is 0. The van der Waals surface area contributed by atoms with Gasteiger partial charge < -0.3 is 9.84 Å². The molecule has 0 radical (unpaired) electrons. The predicted molar refractivity (Wildman–Crippen MR) is 82.6 cm³/mol. The molecule has 1 saturated carbocycles. The zero-order valence-electron chi connectivity index (χ0n) is 13.1. The summed E-state index contributed by atoms with van der Waals surface area (Å²) in [7, 11) is 1.38. The summed E-state index contributed by atoms with van der Waals surface area (Å²) in [6.45, 7) is 0. The van der Waals surface area contributed by atoms with E-state index in [1.807, 2.05) is 0 Å². The Balaban J connectivity index is 2.29. The van der Waals surface area contributed by atoms with Crippen molar-refractivity contribution in [3.8, 4) is 5.75 Å². The number of ether oxygens (including phenoxy) is 1. The molecule has 0 spiro atoms. The van der Waals surface area contributed by atoms with Crippen molar-refractivity contribution < 1.29 is 14.6 Å². The standard InChI is InChI=1S/C16H24N2O4/c1-22-13-11-18(17-14(15(13)19)16(20)21)12-9-7-5-3-2-4-6-8-10-12/h11-12H,2-10H2,1H3,(H,20,21). The Morgan fingerprint density at radius 2 is 1.73 bits per heavy atom. The monoisotopic (exact) mass is 308 g/mol. The van der Waals surface area contributed by atoms with Crippen LogP contribution in [-0.4, -0.2) is 28.0 Å². The van der Waals surface area contributed by atoms with Crippen LogP contribution < -0.4 is 10.2 Å². The third kappa shape index (κ3) is 4.08. The van der Waals surface area contributed by atoms with E-state index in [0.29, 0.717) is 0 Å². The predicted octanol–water partition coefficient (Wildman–Crippen LogP) is 3.02. The highest BCUT2D eigenvalue weighted by atomic mass is 16.5. The van der Waals surface area contributed by atoms with Crippen molar-refractivity contribution in [1.82, 2.24) is 9.78 Å². The van der Waals surface area contributed by atoms with Gasteiger partial charge in [-0.25, -0.2) is 4.79 Å². The Kier molecular flexibility index (Phi) is 5.98. The molecule has 1 aliphatic rings. The van der Waals surface area contributed by atoms with Crippen LogP contribution in [0.15, 0.2) is 11.0 Å². The maximum atomic E-state index is 11.9. The highest BCUT2D eigenvalue weighted by molar-refractivity contribution is 5.85. The van der Waals surface area contributed by atoms with E-state index in [4.69, 9.17) is 9.84 Å². The number of carboxylic acids is 1. The average Bonchev–Trinajstić information content (AvgIpc) is 2.52. The van der Waals surface area contributed by atoms with Crippen LogP contribution in [0, 0.1) is 0 Å². The van der Waals surface area contributed by atoms with Gasteiger partial charge in [-0.15, -0.1) is 0 Å². The lowest BCUT2D eigenvalue weighted by Crippen LogP contribution is -2.25. The highest BCUT2D eigenvalue weighted by Gasteiger charge is 2.20. The molecule has 0 bridgehead atoms. The molecule has 1 aromatic rings. The van der Waals surface area contributed by atoms with E-state index in [0.717, 1.165) is 25.7 Å². The Labute approximate surface area is 130 Å². The summed E-state index contributed by atoms with van der Waals surface area (Å²) in [5.74, 6) is -1.26. The lowest BCUT2D eigenvalue weighted by Gasteiger charge is -2.21. The van der Waals surface area contributed by atoms with E-state index in [1.165, 1.54) is 39.2 Å². The van der Waals surface area contributed by atoms with Crippen molar-refractivity contribution in [2.24, 2.45) is 0 Å². The summed E-state index contributed by atoms with van der Waals surface area (Å²) < 4.78 is 6.66. The first-order valence-electron chi connectivity index (χ1n) is 8.04. The molecule has 0 saturated heterocycles. The summed E-state index contributed by atoms with van der Waals surface area (Å²) in [5.41, 5.74) is -1.12. The summed E-state index contributed by atoms with van der Waals surface area (Å²) in [6, 6.07) is 0.130. The largest absolute Gasteiger partial charge is 0.491 e. The molecule has 0 unspecified atom stereocenters. The molecule has 6 nitrogen and oxygen atoms in total. The first-order chi connectivity index (χ1) is 10.6. The molecule has 6 heteroatoms. The zero-order valence-corrected chi connectivity index (χ0v) is 13.1. The van der Waals surface area contributed by atoms with Crippen molar-refractivity contribution in [1.29, 1.82) is 0 Å². The zero-order chi connectivity index (χ0) is 15.9. The third-order valence-electron chi connectivity index (χ3n) is 4.28. The molecule has 1 aromatic heterocycles. The molecule has 0 aliphatic heterocycles. The van der Waals surface area contributed by atoms with Gasteiger partial charge in [0.1, 0.15) is 0 Å². The second kappa shape index (κ2) is 7.96. The average molecular weight is 308 g/mol. The van der Waals surface area contributed by atoms with Crippen LogP contribution in [0.2, 0.25) is 0 Å². The SMILES string of the molecule is COc1cn(C2CCCCCCCCC2)nc(C(=O)O)c1=O. The molecule has 122 valence electrons. The molecule has 1 fully saturated rings. The molecule has 0 aromatic carbocycles. The number of methoxy groups -OCH3 is 1. The van der Waals surface area contributed by atoms with Crippen LogP contribution in [0.3, 0.4) is 0 Å². The molecular weight excluding hydrogens is 284 g/mol. The fraction of sp³-hybridized carbons (Fsp3) is 0.688. The number of aromatic nitrogens is 2. The van der Waals surface area contributed by atoms with Crippen LogP contribution in [0.4, 0.5) is 0 Å². The van der Waals surface area contributed by atoms with E-state index in [1.54, 1.807) is 10.9 Å². The minimum absolute atomic E-state index is 0.0458. The molecule has 1 heterocycles. The summed E-state index contributed by atoms with van der Waals surface area (Å²) in [5, 5.41) is 13.2. The van der Waals surface area contributed by atoms with Crippen LogP contribution in [-0.2, 0) is 0 Å². The van der Waals surface area contributed by atoms with Crippen LogP contribution >= 0.6 is 0 Å². The Morgan fingerprint density at radius 1 is 1.18 bits per heavy atom. The van der Waals surface area contributed by atoms with Gasteiger partial charge in [-0.2, -0.15) is 5.10 Å². The summed E-state index contributed by atoms with van der Waals surface area (Å²) in [4.78, 5) is 23.1. The fourth-order valence-electron chi connectivity index (χ4n) is 3.01. The van der Waals surface area contributed by atoms with Crippen LogP contribution in [0.1, 0.15) is 74.3 Å². The number of rotatable bonds is 3. The molecule has 1 N–H and O–H groups in total.